The summed E-state index contributed by atoms with van der Waals surface area (Å²) in [5.41, 5.74) is 1.52. The van der Waals surface area contributed by atoms with Crippen molar-refractivity contribution in [1.82, 2.24) is 10.2 Å². The van der Waals surface area contributed by atoms with Crippen molar-refractivity contribution in [2.75, 3.05) is 13.1 Å². The second-order valence-corrected chi connectivity index (χ2v) is 4.21. The van der Waals surface area contributed by atoms with Gasteiger partial charge in [0, 0.05) is 18.7 Å². The third kappa shape index (κ3) is 1.27. The molecule has 4 heteroatoms. The lowest BCUT2D eigenvalue weighted by Crippen LogP contribution is -2.62. The predicted molar refractivity (Wildman–Crippen MR) is 58.0 cm³/mol. The number of rotatable bonds is 1. The average Bonchev–Trinajstić information content (AvgIpc) is 2.21. The molecule has 82 valence electrons. The molecule has 2 heterocycles. The van der Waals surface area contributed by atoms with E-state index in [2.05, 4.69) is 5.32 Å². The fraction of sp³-hybridized carbons (Fsp3) is 0.333. The molecule has 16 heavy (non-hydrogen) atoms. The van der Waals surface area contributed by atoms with E-state index in [1.807, 2.05) is 18.2 Å². The van der Waals surface area contributed by atoms with Crippen LogP contribution in [0.2, 0.25) is 0 Å². The minimum absolute atomic E-state index is 0.0494. The summed E-state index contributed by atoms with van der Waals surface area (Å²) in [7, 11) is 0. The lowest BCUT2D eigenvalue weighted by molar-refractivity contribution is -0.131. The monoisotopic (exact) mass is 216 g/mol. The topological polar surface area (TPSA) is 49.4 Å². The highest BCUT2D eigenvalue weighted by Gasteiger charge is 2.37. The lowest BCUT2D eigenvalue weighted by atomic mass is 9.96. The zero-order valence-electron chi connectivity index (χ0n) is 8.77. The molecular weight excluding hydrogens is 204 g/mol. The number of benzene rings is 1. The van der Waals surface area contributed by atoms with Gasteiger partial charge in [0.05, 0.1) is 12.5 Å². The van der Waals surface area contributed by atoms with Crippen molar-refractivity contribution in [3.05, 3.63) is 35.4 Å². The van der Waals surface area contributed by atoms with E-state index in [0.29, 0.717) is 12.0 Å². The standard InChI is InChI=1S/C12H12N2O2/c15-11-5-8-3-1-2-4-10(8)12(16)14(11)9-6-13-7-9/h1-4,9,13H,5-7H2. The van der Waals surface area contributed by atoms with Crippen molar-refractivity contribution < 1.29 is 9.59 Å². The zero-order chi connectivity index (χ0) is 11.1. The van der Waals surface area contributed by atoms with Crippen LogP contribution in [0.5, 0.6) is 0 Å². The van der Waals surface area contributed by atoms with Crippen molar-refractivity contribution in [2.45, 2.75) is 12.5 Å². The van der Waals surface area contributed by atoms with Crippen molar-refractivity contribution in [2.24, 2.45) is 0 Å². The molecule has 0 unspecified atom stereocenters. The fourth-order valence-corrected chi connectivity index (χ4v) is 2.20. The first-order valence-corrected chi connectivity index (χ1v) is 5.42. The van der Waals surface area contributed by atoms with E-state index >= 15 is 0 Å². The molecule has 1 N–H and O–H groups in total. The second kappa shape index (κ2) is 3.42. The number of nitrogens with zero attached hydrogens (tertiary/aromatic N) is 1. The van der Waals surface area contributed by atoms with Crippen LogP contribution in [0.25, 0.3) is 0 Å². The summed E-state index contributed by atoms with van der Waals surface area (Å²) in [5.74, 6) is -0.214. The number of nitrogens with one attached hydrogen (secondary N) is 1. The number of hydrogen-bond donors (Lipinski definition) is 1. The van der Waals surface area contributed by atoms with E-state index < -0.39 is 0 Å². The Bertz CT molecular complexity index is 466. The Morgan fingerprint density at radius 2 is 1.94 bits per heavy atom. The van der Waals surface area contributed by atoms with E-state index in [1.165, 1.54) is 4.90 Å². The molecule has 2 aliphatic rings. The molecule has 1 saturated heterocycles. The van der Waals surface area contributed by atoms with Crippen LogP contribution in [0.15, 0.2) is 24.3 Å². The van der Waals surface area contributed by atoms with Crippen LogP contribution in [0.4, 0.5) is 0 Å². The molecule has 0 spiro atoms. The van der Waals surface area contributed by atoms with E-state index in [0.717, 1.165) is 18.7 Å². The minimum atomic E-state index is -0.140. The van der Waals surface area contributed by atoms with Crippen LogP contribution in [0.3, 0.4) is 0 Å². The Labute approximate surface area is 93.2 Å². The Hall–Kier alpha value is -1.68. The molecule has 0 atom stereocenters. The van der Waals surface area contributed by atoms with Gasteiger partial charge in [-0.15, -0.1) is 0 Å². The Morgan fingerprint density at radius 1 is 1.19 bits per heavy atom. The van der Waals surface area contributed by atoms with E-state index in [9.17, 15) is 9.59 Å². The molecular formula is C12H12N2O2. The maximum absolute atomic E-state index is 12.1. The number of fused-ring (bicyclic) bond motifs is 1. The Morgan fingerprint density at radius 3 is 2.62 bits per heavy atom. The van der Waals surface area contributed by atoms with Crippen molar-refractivity contribution in [3.63, 3.8) is 0 Å². The Balaban J connectivity index is 2.00. The molecule has 0 saturated carbocycles. The van der Waals surface area contributed by atoms with Crippen LogP contribution in [-0.4, -0.2) is 35.8 Å². The van der Waals surface area contributed by atoms with Crippen molar-refractivity contribution in [3.8, 4) is 0 Å². The van der Waals surface area contributed by atoms with Gasteiger partial charge < -0.3 is 5.32 Å². The van der Waals surface area contributed by atoms with Crippen LogP contribution in [0.1, 0.15) is 15.9 Å². The fourth-order valence-electron chi connectivity index (χ4n) is 2.20. The minimum Gasteiger partial charge on any atom is -0.313 e. The molecule has 0 aromatic heterocycles. The highest BCUT2D eigenvalue weighted by molar-refractivity contribution is 6.10. The van der Waals surface area contributed by atoms with Crippen LogP contribution >= 0.6 is 0 Å². The second-order valence-electron chi connectivity index (χ2n) is 4.21. The molecule has 3 rings (SSSR count). The number of amides is 2. The number of imide groups is 1. The molecule has 0 bridgehead atoms. The Kier molecular flexibility index (Phi) is 2.04. The summed E-state index contributed by atoms with van der Waals surface area (Å²) in [6, 6.07) is 7.39. The van der Waals surface area contributed by atoms with Gasteiger partial charge in [-0.25, -0.2) is 0 Å². The summed E-state index contributed by atoms with van der Waals surface area (Å²) in [6.45, 7) is 1.44. The molecule has 4 nitrogen and oxygen atoms in total. The van der Waals surface area contributed by atoms with E-state index in [-0.39, 0.29) is 17.9 Å². The molecule has 1 aromatic rings. The quantitative estimate of drug-likeness (QED) is 0.681. The average molecular weight is 216 g/mol. The van der Waals surface area contributed by atoms with Gasteiger partial charge in [-0.05, 0) is 11.6 Å². The van der Waals surface area contributed by atoms with Gasteiger partial charge in [0.25, 0.3) is 5.91 Å². The highest BCUT2D eigenvalue weighted by atomic mass is 16.2. The van der Waals surface area contributed by atoms with Gasteiger partial charge in [-0.2, -0.15) is 0 Å². The van der Waals surface area contributed by atoms with Crippen molar-refractivity contribution >= 4 is 11.8 Å². The van der Waals surface area contributed by atoms with E-state index in [4.69, 9.17) is 0 Å². The molecule has 2 aliphatic heterocycles. The van der Waals surface area contributed by atoms with Gasteiger partial charge in [-0.1, -0.05) is 18.2 Å². The summed E-state index contributed by atoms with van der Waals surface area (Å²) in [4.78, 5) is 25.4. The first kappa shape index (κ1) is 9.54. The number of hydrogen-bond acceptors (Lipinski definition) is 3. The molecule has 0 aliphatic carbocycles. The summed E-state index contributed by atoms with van der Waals surface area (Å²) < 4.78 is 0. The third-order valence-corrected chi connectivity index (χ3v) is 3.20. The van der Waals surface area contributed by atoms with Gasteiger partial charge >= 0.3 is 0 Å². The third-order valence-electron chi connectivity index (χ3n) is 3.20. The lowest BCUT2D eigenvalue weighted by Gasteiger charge is -2.39. The predicted octanol–water partition coefficient (Wildman–Crippen LogP) is 0.183. The summed E-state index contributed by atoms with van der Waals surface area (Å²) in [6.07, 6.45) is 0.346. The van der Waals surface area contributed by atoms with Crippen molar-refractivity contribution in [1.29, 1.82) is 0 Å². The van der Waals surface area contributed by atoms with Gasteiger partial charge in [0.1, 0.15) is 0 Å². The summed E-state index contributed by atoms with van der Waals surface area (Å²) in [5, 5.41) is 3.08. The largest absolute Gasteiger partial charge is 0.313 e. The summed E-state index contributed by atoms with van der Waals surface area (Å²) >= 11 is 0. The molecule has 0 radical (unpaired) electrons. The van der Waals surface area contributed by atoms with Crippen LogP contribution in [0, 0.1) is 0 Å². The smallest absolute Gasteiger partial charge is 0.261 e. The molecule has 1 aromatic carbocycles. The molecule has 2 amide bonds. The number of carbonyl (C=O) groups excluding carboxylic acids is 2. The van der Waals surface area contributed by atoms with E-state index in [1.54, 1.807) is 6.07 Å². The first-order valence-electron chi connectivity index (χ1n) is 5.42. The SMILES string of the molecule is O=C1Cc2ccccc2C(=O)N1C1CNC1. The first-order chi connectivity index (χ1) is 7.77. The normalized spacial score (nSPS) is 20.6. The number of carbonyl (C=O) groups is 2. The van der Waals surface area contributed by atoms with Crippen LogP contribution < -0.4 is 5.32 Å². The maximum atomic E-state index is 12.1. The van der Waals surface area contributed by atoms with Gasteiger partial charge in [0.15, 0.2) is 0 Å². The van der Waals surface area contributed by atoms with Crippen LogP contribution in [-0.2, 0) is 11.2 Å². The van der Waals surface area contributed by atoms with Gasteiger partial charge in [0.2, 0.25) is 5.91 Å². The zero-order valence-corrected chi connectivity index (χ0v) is 8.77. The maximum Gasteiger partial charge on any atom is 0.261 e. The van der Waals surface area contributed by atoms with Gasteiger partial charge in [-0.3, -0.25) is 14.5 Å². The molecule has 1 fully saturated rings. The highest BCUT2D eigenvalue weighted by Crippen LogP contribution is 2.22.